The molecule has 0 radical (unpaired) electrons. The minimum absolute atomic E-state index is 0.181. The van der Waals surface area contributed by atoms with Crippen molar-refractivity contribution in [1.29, 1.82) is 0 Å². The van der Waals surface area contributed by atoms with Gasteiger partial charge in [-0.25, -0.2) is 12.7 Å². The lowest BCUT2D eigenvalue weighted by atomic mass is 10.4. The zero-order valence-corrected chi connectivity index (χ0v) is 10.7. The van der Waals surface area contributed by atoms with Gasteiger partial charge in [-0.1, -0.05) is 0 Å². The maximum absolute atomic E-state index is 11.9. The van der Waals surface area contributed by atoms with E-state index in [2.05, 4.69) is 4.90 Å². The van der Waals surface area contributed by atoms with Gasteiger partial charge in [0.2, 0.25) is 10.0 Å². The average Bonchev–Trinajstić information content (AvgIpc) is 2.40. The molecular formula is C9H19ClN2O2S. The first-order valence-corrected chi connectivity index (χ1v) is 7.43. The lowest BCUT2D eigenvalue weighted by Crippen LogP contribution is -2.36. The molecule has 0 bridgehead atoms. The van der Waals surface area contributed by atoms with Gasteiger partial charge >= 0.3 is 0 Å². The monoisotopic (exact) mass is 254 g/mol. The van der Waals surface area contributed by atoms with Crippen molar-refractivity contribution in [1.82, 2.24) is 9.21 Å². The predicted octanol–water partition coefficient (Wildman–Crippen LogP) is 0.583. The number of alkyl halides is 1. The predicted molar refractivity (Wildman–Crippen MR) is 62.8 cm³/mol. The van der Waals surface area contributed by atoms with Crippen LogP contribution in [0.1, 0.15) is 12.8 Å². The first-order valence-electron chi connectivity index (χ1n) is 5.28. The molecule has 0 aromatic heterocycles. The van der Waals surface area contributed by atoms with Gasteiger partial charge in [0.15, 0.2) is 0 Å². The SMILES string of the molecule is CN1CCCN(S(=O)(=O)CCCCl)CC1. The van der Waals surface area contributed by atoms with E-state index in [0.29, 0.717) is 25.4 Å². The average molecular weight is 255 g/mol. The topological polar surface area (TPSA) is 40.6 Å². The van der Waals surface area contributed by atoms with Crippen molar-refractivity contribution in [2.75, 3.05) is 44.9 Å². The molecule has 1 rings (SSSR count). The fraction of sp³-hybridized carbons (Fsp3) is 1.00. The highest BCUT2D eigenvalue weighted by Gasteiger charge is 2.23. The summed E-state index contributed by atoms with van der Waals surface area (Å²) in [6.45, 7) is 3.05. The van der Waals surface area contributed by atoms with Crippen molar-refractivity contribution >= 4 is 21.6 Å². The molecule has 1 fully saturated rings. The Labute approximate surface area is 97.2 Å². The highest BCUT2D eigenvalue weighted by molar-refractivity contribution is 7.89. The molecule has 4 nitrogen and oxygen atoms in total. The molecule has 0 atom stereocenters. The van der Waals surface area contributed by atoms with Gasteiger partial charge in [0.1, 0.15) is 0 Å². The molecule has 0 aliphatic carbocycles. The van der Waals surface area contributed by atoms with E-state index >= 15 is 0 Å². The lowest BCUT2D eigenvalue weighted by Gasteiger charge is -2.19. The zero-order chi connectivity index (χ0) is 11.3. The van der Waals surface area contributed by atoms with Gasteiger partial charge in [0.25, 0.3) is 0 Å². The van der Waals surface area contributed by atoms with Crippen molar-refractivity contribution in [3.8, 4) is 0 Å². The number of nitrogens with zero attached hydrogens (tertiary/aromatic N) is 2. The molecule has 0 aromatic carbocycles. The Morgan fingerprint density at radius 1 is 1.20 bits per heavy atom. The first kappa shape index (κ1) is 13.2. The van der Waals surface area contributed by atoms with Crippen LogP contribution in [0.25, 0.3) is 0 Å². The fourth-order valence-corrected chi connectivity index (χ4v) is 3.49. The van der Waals surface area contributed by atoms with E-state index in [9.17, 15) is 8.42 Å². The summed E-state index contributed by atoms with van der Waals surface area (Å²) < 4.78 is 25.3. The molecule has 1 aliphatic heterocycles. The van der Waals surface area contributed by atoms with Crippen LogP contribution < -0.4 is 0 Å². The van der Waals surface area contributed by atoms with Gasteiger partial charge in [-0.3, -0.25) is 0 Å². The molecule has 1 heterocycles. The first-order chi connectivity index (χ1) is 7.06. The maximum Gasteiger partial charge on any atom is 0.214 e. The smallest absolute Gasteiger partial charge is 0.214 e. The van der Waals surface area contributed by atoms with Crippen LogP contribution in [0, 0.1) is 0 Å². The normalized spacial score (nSPS) is 21.5. The van der Waals surface area contributed by atoms with Gasteiger partial charge in [0.05, 0.1) is 5.75 Å². The summed E-state index contributed by atoms with van der Waals surface area (Å²) in [5.74, 6) is 0.590. The molecule has 0 saturated carbocycles. The van der Waals surface area contributed by atoms with Crippen molar-refractivity contribution in [3.05, 3.63) is 0 Å². The molecule has 0 unspecified atom stereocenters. The summed E-state index contributed by atoms with van der Waals surface area (Å²) in [5, 5.41) is 0. The largest absolute Gasteiger partial charge is 0.305 e. The second-order valence-electron chi connectivity index (χ2n) is 3.91. The zero-order valence-electron chi connectivity index (χ0n) is 9.15. The van der Waals surface area contributed by atoms with Crippen LogP contribution in [0.15, 0.2) is 0 Å². The third-order valence-electron chi connectivity index (χ3n) is 2.61. The molecule has 90 valence electrons. The molecule has 15 heavy (non-hydrogen) atoms. The van der Waals surface area contributed by atoms with Gasteiger partial charge in [-0.15, -0.1) is 11.6 Å². The van der Waals surface area contributed by atoms with E-state index in [4.69, 9.17) is 11.6 Å². The van der Waals surface area contributed by atoms with Crippen LogP contribution in [-0.2, 0) is 10.0 Å². The molecular weight excluding hydrogens is 236 g/mol. The quantitative estimate of drug-likeness (QED) is 0.690. The van der Waals surface area contributed by atoms with E-state index in [1.807, 2.05) is 7.05 Å². The minimum atomic E-state index is -3.07. The van der Waals surface area contributed by atoms with E-state index < -0.39 is 10.0 Å². The Balaban J connectivity index is 2.54. The van der Waals surface area contributed by atoms with Crippen LogP contribution in [0.3, 0.4) is 0 Å². The maximum atomic E-state index is 11.9. The number of halogens is 1. The molecule has 6 heteroatoms. The number of hydrogen-bond acceptors (Lipinski definition) is 3. The van der Waals surface area contributed by atoms with E-state index in [0.717, 1.165) is 19.5 Å². The summed E-state index contributed by atoms with van der Waals surface area (Å²) in [4.78, 5) is 2.16. The Kier molecular flexibility index (Phi) is 5.32. The second kappa shape index (κ2) is 6.03. The Hall–Kier alpha value is 0.160. The van der Waals surface area contributed by atoms with Crippen LogP contribution in [0.4, 0.5) is 0 Å². The Bertz CT molecular complexity index is 282. The number of sulfonamides is 1. The summed E-state index contributed by atoms with van der Waals surface area (Å²) in [6.07, 6.45) is 1.45. The van der Waals surface area contributed by atoms with E-state index in [1.165, 1.54) is 0 Å². The Morgan fingerprint density at radius 3 is 2.60 bits per heavy atom. The van der Waals surface area contributed by atoms with Crippen LogP contribution in [-0.4, -0.2) is 62.5 Å². The highest BCUT2D eigenvalue weighted by atomic mass is 35.5. The summed E-state index contributed by atoms with van der Waals surface area (Å²) in [6, 6.07) is 0. The third kappa shape index (κ3) is 4.26. The molecule has 0 N–H and O–H groups in total. The minimum Gasteiger partial charge on any atom is -0.305 e. The van der Waals surface area contributed by atoms with Crippen LogP contribution >= 0.6 is 11.6 Å². The van der Waals surface area contributed by atoms with E-state index in [-0.39, 0.29) is 5.75 Å². The van der Waals surface area contributed by atoms with Gasteiger partial charge in [0, 0.05) is 25.5 Å². The van der Waals surface area contributed by atoms with Gasteiger partial charge in [-0.05, 0) is 26.4 Å². The number of hydrogen-bond donors (Lipinski definition) is 0. The highest BCUT2D eigenvalue weighted by Crippen LogP contribution is 2.08. The summed E-state index contributed by atoms with van der Waals surface area (Å²) in [5.41, 5.74) is 0. The third-order valence-corrected chi connectivity index (χ3v) is 4.83. The van der Waals surface area contributed by atoms with E-state index in [1.54, 1.807) is 4.31 Å². The van der Waals surface area contributed by atoms with Crippen LogP contribution in [0.5, 0.6) is 0 Å². The molecule has 1 saturated heterocycles. The summed E-state index contributed by atoms with van der Waals surface area (Å²) >= 11 is 5.51. The molecule has 0 aromatic rings. The van der Waals surface area contributed by atoms with Crippen molar-refractivity contribution in [2.24, 2.45) is 0 Å². The lowest BCUT2D eigenvalue weighted by molar-refractivity contribution is 0.347. The van der Waals surface area contributed by atoms with Gasteiger partial charge < -0.3 is 4.90 Å². The van der Waals surface area contributed by atoms with Gasteiger partial charge in [-0.2, -0.15) is 0 Å². The second-order valence-corrected chi connectivity index (χ2v) is 6.38. The van der Waals surface area contributed by atoms with Crippen molar-refractivity contribution < 1.29 is 8.42 Å². The molecule has 0 amide bonds. The number of likely N-dealkylation sites (N-methyl/N-ethyl adjacent to an activating group) is 1. The fourth-order valence-electron chi connectivity index (χ4n) is 1.67. The summed E-state index contributed by atoms with van der Waals surface area (Å²) in [7, 11) is -1.05. The number of rotatable bonds is 4. The standard InChI is InChI=1S/C9H19ClN2O2S/c1-11-5-3-6-12(8-7-11)15(13,14)9-2-4-10/h2-9H2,1H3. The van der Waals surface area contributed by atoms with Crippen molar-refractivity contribution in [3.63, 3.8) is 0 Å². The van der Waals surface area contributed by atoms with Crippen molar-refractivity contribution in [2.45, 2.75) is 12.8 Å². The Morgan fingerprint density at radius 2 is 1.93 bits per heavy atom. The molecule has 1 aliphatic rings. The molecule has 0 spiro atoms. The van der Waals surface area contributed by atoms with Crippen LogP contribution in [0.2, 0.25) is 0 Å².